The summed E-state index contributed by atoms with van der Waals surface area (Å²) in [5, 5.41) is 9.10. The van der Waals surface area contributed by atoms with Gasteiger partial charge in [-0.3, -0.25) is 10.4 Å². The average Bonchev–Trinajstić information content (AvgIpc) is 1.84. The van der Waals surface area contributed by atoms with Crippen LogP contribution in [-0.2, 0) is 0 Å². The molecule has 0 radical (unpaired) electrons. The summed E-state index contributed by atoms with van der Waals surface area (Å²) in [6.45, 7) is 1.56. The van der Waals surface area contributed by atoms with Crippen LogP contribution in [0.1, 0.15) is 6.92 Å². The molecule has 0 heterocycles. The Hall–Kier alpha value is -1.06. The zero-order chi connectivity index (χ0) is 6.57. The normalized spacial score (nSPS) is 11.0. The first-order chi connectivity index (χ1) is 3.72. The SMILES string of the molecule is CN=C(C)C(=N)N=O. The van der Waals surface area contributed by atoms with Crippen molar-refractivity contribution in [3.8, 4) is 0 Å². The molecule has 0 aromatic rings. The summed E-state index contributed by atoms with van der Waals surface area (Å²) in [4.78, 5) is 13.1. The smallest absolute Gasteiger partial charge is 0.210 e. The molecule has 0 bridgehead atoms. The molecule has 0 aromatic carbocycles. The van der Waals surface area contributed by atoms with Gasteiger partial charge < -0.3 is 0 Å². The molecule has 0 atom stereocenters. The number of rotatable bonds is 1. The van der Waals surface area contributed by atoms with Gasteiger partial charge in [-0.15, -0.1) is 4.91 Å². The molecule has 0 aliphatic heterocycles. The third-order valence-corrected chi connectivity index (χ3v) is 0.769. The van der Waals surface area contributed by atoms with Gasteiger partial charge in [0.1, 0.15) is 0 Å². The maximum Gasteiger partial charge on any atom is 0.210 e. The fraction of sp³-hybridized carbons (Fsp3) is 0.500. The van der Waals surface area contributed by atoms with Crippen molar-refractivity contribution in [2.75, 3.05) is 7.05 Å². The maximum absolute atomic E-state index is 9.55. The molecular weight excluding hydrogens is 106 g/mol. The van der Waals surface area contributed by atoms with Crippen LogP contribution in [0.2, 0.25) is 0 Å². The zero-order valence-electron chi connectivity index (χ0n) is 4.80. The van der Waals surface area contributed by atoms with E-state index in [1.54, 1.807) is 6.92 Å². The summed E-state index contributed by atoms with van der Waals surface area (Å²) in [6.07, 6.45) is 0. The van der Waals surface area contributed by atoms with Crippen molar-refractivity contribution in [1.29, 1.82) is 5.41 Å². The molecule has 0 spiro atoms. The minimum absolute atomic E-state index is 0.299. The van der Waals surface area contributed by atoms with Gasteiger partial charge >= 0.3 is 0 Å². The number of nitrogens with one attached hydrogen (secondary N) is 1. The number of hydrogen-bond acceptors (Lipinski definition) is 3. The van der Waals surface area contributed by atoms with E-state index in [2.05, 4.69) is 10.2 Å². The second kappa shape index (κ2) is 3.01. The van der Waals surface area contributed by atoms with E-state index in [1.165, 1.54) is 7.05 Å². The Morgan fingerprint density at radius 1 is 1.62 bits per heavy atom. The van der Waals surface area contributed by atoms with E-state index in [9.17, 15) is 4.91 Å². The molecule has 0 fully saturated rings. The molecule has 0 rings (SSSR count). The summed E-state index contributed by atoms with van der Waals surface area (Å²) in [6, 6.07) is 0. The van der Waals surface area contributed by atoms with E-state index < -0.39 is 0 Å². The van der Waals surface area contributed by atoms with Gasteiger partial charge in [-0.05, 0) is 12.1 Å². The van der Waals surface area contributed by atoms with Crippen molar-refractivity contribution in [3.05, 3.63) is 4.91 Å². The highest BCUT2D eigenvalue weighted by Crippen LogP contribution is 1.79. The summed E-state index contributed by atoms with van der Waals surface area (Å²) in [5.74, 6) is -0.299. The van der Waals surface area contributed by atoms with E-state index >= 15 is 0 Å². The minimum Gasteiger partial charge on any atom is -0.289 e. The molecule has 8 heavy (non-hydrogen) atoms. The van der Waals surface area contributed by atoms with Gasteiger partial charge in [-0.1, -0.05) is 0 Å². The predicted molar refractivity (Wildman–Crippen MR) is 32.6 cm³/mol. The number of nitrogens with zero attached hydrogens (tertiary/aromatic N) is 2. The first-order valence-corrected chi connectivity index (χ1v) is 2.08. The van der Waals surface area contributed by atoms with Gasteiger partial charge in [0.2, 0.25) is 5.84 Å². The lowest BCUT2D eigenvalue weighted by molar-refractivity contribution is 1.39. The van der Waals surface area contributed by atoms with Crippen LogP contribution in [0.5, 0.6) is 0 Å². The molecule has 0 unspecified atom stereocenters. The highest BCUT2D eigenvalue weighted by molar-refractivity contribution is 6.39. The fourth-order valence-electron chi connectivity index (χ4n) is 0.172. The third-order valence-electron chi connectivity index (χ3n) is 0.769. The van der Waals surface area contributed by atoms with E-state index in [0.29, 0.717) is 5.71 Å². The predicted octanol–water partition coefficient (Wildman–Crippen LogP) is 0.821. The summed E-state index contributed by atoms with van der Waals surface area (Å²) < 4.78 is 0. The number of aliphatic imine (C=N–C) groups is 1. The summed E-state index contributed by atoms with van der Waals surface area (Å²) >= 11 is 0. The van der Waals surface area contributed by atoms with Crippen LogP contribution < -0.4 is 0 Å². The summed E-state index contributed by atoms with van der Waals surface area (Å²) in [7, 11) is 1.51. The van der Waals surface area contributed by atoms with Crippen LogP contribution in [0.15, 0.2) is 10.2 Å². The maximum atomic E-state index is 9.55. The van der Waals surface area contributed by atoms with Crippen LogP contribution in [0.25, 0.3) is 0 Å². The molecule has 0 saturated carbocycles. The van der Waals surface area contributed by atoms with Gasteiger partial charge in [0.15, 0.2) is 0 Å². The Morgan fingerprint density at radius 3 is 2.25 bits per heavy atom. The third kappa shape index (κ3) is 1.59. The van der Waals surface area contributed by atoms with Crippen molar-refractivity contribution >= 4 is 11.5 Å². The molecule has 0 aliphatic carbocycles. The Balaban J connectivity index is 4.03. The van der Waals surface area contributed by atoms with Crippen LogP contribution in [0.4, 0.5) is 0 Å². The number of amidine groups is 1. The molecule has 0 aromatic heterocycles. The van der Waals surface area contributed by atoms with E-state index in [0.717, 1.165) is 0 Å². The number of nitroso groups, excluding NO2 is 1. The van der Waals surface area contributed by atoms with Crippen molar-refractivity contribution in [2.45, 2.75) is 6.92 Å². The Morgan fingerprint density at radius 2 is 2.12 bits per heavy atom. The highest BCUT2D eigenvalue weighted by atomic mass is 16.3. The van der Waals surface area contributed by atoms with Crippen LogP contribution >= 0.6 is 0 Å². The molecule has 0 aliphatic rings. The zero-order valence-corrected chi connectivity index (χ0v) is 4.80. The average molecular weight is 113 g/mol. The molecule has 0 amide bonds. The molecule has 4 nitrogen and oxygen atoms in total. The molecule has 44 valence electrons. The summed E-state index contributed by atoms with van der Waals surface area (Å²) in [5.41, 5.74) is 0.361. The Bertz CT molecular complexity index is 138. The van der Waals surface area contributed by atoms with Gasteiger partial charge in [0.25, 0.3) is 0 Å². The largest absolute Gasteiger partial charge is 0.289 e. The topological polar surface area (TPSA) is 65.6 Å². The monoisotopic (exact) mass is 113 g/mol. The Labute approximate surface area is 47.1 Å². The van der Waals surface area contributed by atoms with Gasteiger partial charge in [0, 0.05) is 7.05 Å². The Kier molecular flexibility index (Phi) is 2.61. The quantitative estimate of drug-likeness (QED) is 0.305. The van der Waals surface area contributed by atoms with Gasteiger partial charge in [0.05, 0.1) is 5.71 Å². The first-order valence-electron chi connectivity index (χ1n) is 2.08. The second-order valence-electron chi connectivity index (χ2n) is 1.25. The van der Waals surface area contributed by atoms with Crippen LogP contribution in [0.3, 0.4) is 0 Å². The molecule has 1 N–H and O–H groups in total. The van der Waals surface area contributed by atoms with Crippen molar-refractivity contribution in [3.63, 3.8) is 0 Å². The van der Waals surface area contributed by atoms with Crippen LogP contribution in [0, 0.1) is 10.3 Å². The van der Waals surface area contributed by atoms with Crippen molar-refractivity contribution in [1.82, 2.24) is 0 Å². The second-order valence-corrected chi connectivity index (χ2v) is 1.25. The highest BCUT2D eigenvalue weighted by Gasteiger charge is 1.95. The molecule has 0 saturated heterocycles. The minimum atomic E-state index is -0.299. The fourth-order valence-corrected chi connectivity index (χ4v) is 0.172. The lowest BCUT2D eigenvalue weighted by atomic mass is 10.4. The lowest BCUT2D eigenvalue weighted by Gasteiger charge is -1.85. The lowest BCUT2D eigenvalue weighted by Crippen LogP contribution is -2.03. The first kappa shape index (κ1) is 6.94. The standard InChI is InChI=1S/C4H7N3O/c1-3(6-2)4(5)7-8/h5H,1-2H3. The van der Waals surface area contributed by atoms with E-state index in [4.69, 9.17) is 5.41 Å². The molecular formula is C4H7N3O. The number of hydrogen-bond donors (Lipinski definition) is 1. The van der Waals surface area contributed by atoms with Crippen molar-refractivity contribution in [2.24, 2.45) is 10.2 Å². The van der Waals surface area contributed by atoms with E-state index in [-0.39, 0.29) is 5.84 Å². The molecule has 4 heteroatoms. The van der Waals surface area contributed by atoms with Gasteiger partial charge in [-0.2, -0.15) is 0 Å². The van der Waals surface area contributed by atoms with Gasteiger partial charge in [-0.25, -0.2) is 0 Å². The van der Waals surface area contributed by atoms with E-state index in [1.807, 2.05) is 0 Å². The van der Waals surface area contributed by atoms with Crippen molar-refractivity contribution < 1.29 is 0 Å². The van der Waals surface area contributed by atoms with Crippen LogP contribution in [-0.4, -0.2) is 18.6 Å².